The Labute approximate surface area is 388 Å². The Hall–Kier alpha value is -6.75. The second kappa shape index (κ2) is 20.8. The number of nitro benzene ring substituents is 1. The molecule has 67 heavy (non-hydrogen) atoms. The molecule has 2 aliphatic carbocycles. The number of unbranched alkanes of at least 4 members (excludes halogenated alkanes) is 2. The number of aldehydes is 1. The maximum absolute atomic E-state index is 14.8. The number of rotatable bonds is 21. The van der Waals surface area contributed by atoms with Crippen LogP contribution in [0.25, 0.3) is 0 Å². The largest absolute Gasteiger partial charge is 0.496 e. The number of aliphatic hydroxyl groups is 2. The highest BCUT2D eigenvalue weighted by molar-refractivity contribution is 6.03. The number of likely N-dealkylation sites (N-methyl/N-ethyl adjacent to an activating group) is 1. The van der Waals surface area contributed by atoms with Gasteiger partial charge in [0.25, 0.3) is 11.6 Å². The van der Waals surface area contributed by atoms with Gasteiger partial charge in [-0.2, -0.15) is 0 Å². The molecule has 0 bridgehead atoms. The quantitative estimate of drug-likeness (QED) is 0.0265. The summed E-state index contributed by atoms with van der Waals surface area (Å²) < 4.78 is 37.3. The van der Waals surface area contributed by atoms with Gasteiger partial charge in [0.2, 0.25) is 12.6 Å². The van der Waals surface area contributed by atoms with Crippen LogP contribution in [0, 0.1) is 27.9 Å². The zero-order valence-corrected chi connectivity index (χ0v) is 37.5. The summed E-state index contributed by atoms with van der Waals surface area (Å²) in [6.07, 6.45) is 8.88. The number of aliphatic hydroxyl groups excluding tert-OH is 2. The molecule has 16 heteroatoms. The molecular weight excluding hydrogens is 863 g/mol. The highest BCUT2D eigenvalue weighted by Crippen LogP contribution is 2.62. The number of carbonyl (C=O) groups excluding carboxylic acids is 2. The number of non-ortho nitro benzene ring substituents is 1. The molecule has 1 fully saturated rings. The van der Waals surface area contributed by atoms with Gasteiger partial charge in [0.05, 0.1) is 35.8 Å². The summed E-state index contributed by atoms with van der Waals surface area (Å²) in [7, 11) is 3.21. The van der Waals surface area contributed by atoms with Crippen LogP contribution in [0.1, 0.15) is 82.7 Å². The van der Waals surface area contributed by atoms with Crippen LogP contribution in [0.3, 0.4) is 0 Å². The van der Waals surface area contributed by atoms with Crippen molar-refractivity contribution in [2.45, 2.75) is 69.3 Å². The fourth-order valence-electron chi connectivity index (χ4n) is 10.1. The number of hydrogen-bond donors (Lipinski definition) is 2. The van der Waals surface area contributed by atoms with Crippen molar-refractivity contribution in [3.8, 4) is 34.5 Å². The monoisotopic (exact) mass is 917 g/mol. The lowest BCUT2D eigenvalue weighted by Gasteiger charge is -2.59. The molecule has 4 aliphatic rings. The summed E-state index contributed by atoms with van der Waals surface area (Å²) >= 11 is 0. The lowest BCUT2D eigenvalue weighted by molar-refractivity contribution is -0.384. The van der Waals surface area contributed by atoms with E-state index in [1.165, 1.54) is 19.2 Å². The van der Waals surface area contributed by atoms with Crippen LogP contribution >= 0.6 is 0 Å². The normalized spacial score (nSPS) is 22.7. The number of benzene rings is 4. The fourth-order valence-corrected chi connectivity index (χ4v) is 10.1. The summed E-state index contributed by atoms with van der Waals surface area (Å²) in [5, 5.41) is 36.2. The fraction of sp³-hybridized carbons (Fsp3) is 0.392. The van der Waals surface area contributed by atoms with Crippen molar-refractivity contribution in [3.63, 3.8) is 0 Å². The van der Waals surface area contributed by atoms with Crippen molar-refractivity contribution in [3.05, 3.63) is 136 Å². The molecular formula is C51H55N3O13. The zero-order valence-electron chi connectivity index (χ0n) is 37.5. The van der Waals surface area contributed by atoms with Gasteiger partial charge in [-0.3, -0.25) is 19.7 Å². The molecule has 1 saturated carbocycles. The summed E-state index contributed by atoms with van der Waals surface area (Å²) in [6, 6.07) is 20.9. The van der Waals surface area contributed by atoms with Crippen LogP contribution in [-0.2, 0) is 16.2 Å². The first-order valence-electron chi connectivity index (χ1n) is 22.5. The molecule has 2 aliphatic heterocycles. The number of carbonyl (C=O) groups is 2. The molecule has 0 spiro atoms. The number of methoxy groups -OCH3 is 1. The lowest BCUT2D eigenvalue weighted by atomic mass is 9.55. The van der Waals surface area contributed by atoms with Crippen LogP contribution in [0.2, 0.25) is 0 Å². The van der Waals surface area contributed by atoms with Gasteiger partial charge in [-0.25, -0.2) is 0 Å². The maximum atomic E-state index is 14.8. The van der Waals surface area contributed by atoms with E-state index in [9.17, 15) is 29.9 Å². The molecule has 16 nitrogen and oxygen atoms in total. The van der Waals surface area contributed by atoms with Gasteiger partial charge in [0, 0.05) is 55.9 Å². The van der Waals surface area contributed by atoms with Crippen LogP contribution in [0.4, 0.5) is 5.69 Å². The molecule has 2 heterocycles. The van der Waals surface area contributed by atoms with Gasteiger partial charge in [-0.05, 0) is 115 Å². The number of amides is 1. The molecule has 0 radical (unpaired) electrons. The lowest BCUT2D eigenvalue weighted by Crippen LogP contribution is -2.69. The minimum Gasteiger partial charge on any atom is -0.496 e. The van der Waals surface area contributed by atoms with Crippen LogP contribution < -0.4 is 23.7 Å². The number of hydrogen-bond acceptors (Lipinski definition) is 14. The van der Waals surface area contributed by atoms with Crippen molar-refractivity contribution in [2.24, 2.45) is 22.9 Å². The average Bonchev–Trinajstić information content (AvgIpc) is 3.83. The smallest absolute Gasteiger partial charge is 0.269 e. The van der Waals surface area contributed by atoms with E-state index in [-0.39, 0.29) is 69.0 Å². The minimum absolute atomic E-state index is 0.0124. The topological polar surface area (TPSA) is 198 Å². The predicted octanol–water partition coefficient (Wildman–Crippen LogP) is 8.54. The van der Waals surface area contributed by atoms with Crippen molar-refractivity contribution >= 4 is 23.6 Å². The van der Waals surface area contributed by atoms with Crippen LogP contribution in [-0.4, -0.2) is 90.5 Å². The number of allylic oxidation sites excluding steroid dienone is 1. The zero-order chi connectivity index (χ0) is 47.1. The summed E-state index contributed by atoms with van der Waals surface area (Å²) in [5.74, 6) is -0.00695. The van der Waals surface area contributed by atoms with Crippen LogP contribution in [0.5, 0.6) is 34.5 Å². The van der Waals surface area contributed by atoms with Gasteiger partial charge in [-0.1, -0.05) is 30.1 Å². The van der Waals surface area contributed by atoms with E-state index in [1.54, 1.807) is 72.6 Å². The Bertz CT molecular complexity index is 2530. The summed E-state index contributed by atoms with van der Waals surface area (Å²) in [6.45, 7) is 4.21. The molecule has 6 unspecified atom stereocenters. The number of fused-ring (bicyclic) bond motifs is 3. The highest BCUT2D eigenvalue weighted by atomic mass is 16.7. The first kappa shape index (κ1) is 46.8. The first-order chi connectivity index (χ1) is 32.6. The second-order valence-electron chi connectivity index (χ2n) is 17.1. The van der Waals surface area contributed by atoms with Gasteiger partial charge in [-0.15, -0.1) is 6.58 Å². The van der Waals surface area contributed by atoms with Gasteiger partial charge < -0.3 is 48.4 Å². The van der Waals surface area contributed by atoms with Crippen LogP contribution in [0.15, 0.2) is 108 Å². The van der Waals surface area contributed by atoms with E-state index in [2.05, 4.69) is 12.7 Å². The number of nitrogens with zero attached hydrogens (tertiary/aromatic N) is 3. The predicted molar refractivity (Wildman–Crippen MR) is 246 cm³/mol. The number of nitro groups is 1. The molecule has 6 atom stereocenters. The summed E-state index contributed by atoms with van der Waals surface area (Å²) in [5.41, 5.74) is 3.56. The molecule has 1 amide bonds. The van der Waals surface area contributed by atoms with E-state index in [0.29, 0.717) is 76.0 Å². The van der Waals surface area contributed by atoms with E-state index in [1.807, 2.05) is 12.1 Å². The summed E-state index contributed by atoms with van der Waals surface area (Å²) in [4.78, 5) is 45.5. The molecule has 4 aromatic carbocycles. The molecule has 4 aromatic rings. The Morgan fingerprint density at radius 1 is 0.955 bits per heavy atom. The third kappa shape index (κ3) is 9.60. The molecule has 2 N–H and O–H groups in total. The maximum Gasteiger partial charge on any atom is 0.269 e. The molecule has 0 aromatic heterocycles. The Balaban J connectivity index is 1.29. The van der Waals surface area contributed by atoms with Gasteiger partial charge in [0.1, 0.15) is 35.6 Å². The highest BCUT2D eigenvalue weighted by Gasteiger charge is 2.65. The van der Waals surface area contributed by atoms with Gasteiger partial charge >= 0.3 is 0 Å². The van der Waals surface area contributed by atoms with Crippen molar-refractivity contribution in [1.82, 2.24) is 4.90 Å². The Morgan fingerprint density at radius 2 is 1.69 bits per heavy atom. The van der Waals surface area contributed by atoms with Crippen molar-refractivity contribution in [1.29, 1.82) is 0 Å². The van der Waals surface area contributed by atoms with Crippen molar-refractivity contribution < 1.29 is 58.0 Å². The van der Waals surface area contributed by atoms with Gasteiger partial charge in [0.15, 0.2) is 17.8 Å². The Morgan fingerprint density at radius 3 is 2.42 bits per heavy atom. The number of oxime groups is 1. The van der Waals surface area contributed by atoms with E-state index >= 15 is 0 Å². The SMILES string of the molecule is C=CCOC12Oc3ccc(Oc4ccc(OC)c(C=O)c4)cc3C3C(CCCCO)C(CCCCO)C=C(C(=NOCc4ccc([N+](=O)[O-])cc4)CC1N(C)C(=O)c1ccc4c(c1)OCO4)C32. The Kier molecular flexibility index (Phi) is 14.5. The van der Waals surface area contributed by atoms with E-state index in [4.69, 9.17) is 38.4 Å². The molecule has 0 saturated heterocycles. The number of ether oxygens (including phenoxy) is 6. The second-order valence-corrected chi connectivity index (χ2v) is 17.1. The standard InChI is InChI=1S/C51H55N3O13/c1-4-23-64-51-47(53(2)50(58)34-13-18-45-46(26-34)63-31-62-45)28-42(52-65-30-32-11-14-36(15-12-32)54(59)60)40-25-33(9-5-7-21-55)39(10-6-8-22-56)48(49(40)51)41-27-38(17-20-44(41)67-51)66-37-16-19-43(61-3)35(24-37)29-57/h4,11-20,24-27,29,33,39,47-49,55-56H,1,5-10,21-23,28,30-31H2,2-3H3. The van der Waals surface area contributed by atoms with E-state index < -0.39 is 22.7 Å². The van der Waals surface area contributed by atoms with Crippen molar-refractivity contribution in [2.75, 3.05) is 40.8 Å². The first-order valence-corrected chi connectivity index (χ1v) is 22.5. The molecule has 8 rings (SSSR count). The third-order valence-electron chi connectivity index (χ3n) is 13.2. The van der Waals surface area contributed by atoms with E-state index in [0.717, 1.165) is 36.8 Å². The average molecular weight is 918 g/mol. The molecule has 352 valence electrons. The third-order valence-corrected chi connectivity index (χ3v) is 13.2. The minimum atomic E-state index is -1.52.